The van der Waals surface area contributed by atoms with E-state index < -0.39 is 0 Å². The van der Waals surface area contributed by atoms with E-state index in [0.29, 0.717) is 5.56 Å². The Bertz CT molecular complexity index is 930. The van der Waals surface area contributed by atoms with Crippen molar-refractivity contribution in [3.05, 3.63) is 52.9 Å². The second kappa shape index (κ2) is 7.11. The number of hydrogen-bond donors (Lipinski definition) is 0. The summed E-state index contributed by atoms with van der Waals surface area (Å²) in [6.07, 6.45) is 2.38. The van der Waals surface area contributed by atoms with Gasteiger partial charge >= 0.3 is 0 Å². The monoisotopic (exact) mass is 369 g/mol. The smallest absolute Gasteiger partial charge is 0.166 e. The lowest BCUT2D eigenvalue weighted by Gasteiger charge is -2.32. The van der Waals surface area contributed by atoms with Gasteiger partial charge in [-0.3, -0.25) is 4.79 Å². The van der Waals surface area contributed by atoms with Crippen molar-refractivity contribution in [2.24, 2.45) is 5.92 Å². The molecule has 0 unspecified atom stereocenters. The largest absolute Gasteiger partial charge is 0.356 e. The second-order valence-corrected chi connectivity index (χ2v) is 7.48. The standard InChI is InChI=1S/C20H20FN3OS/c1-2-17-22-19(16-9-12-26-20(16)23-17)24-10-7-14(8-11-24)18(25)13-3-5-15(21)6-4-13/h3-6,9,12,14H,2,7-8,10-11H2,1H3. The zero-order valence-corrected chi connectivity index (χ0v) is 15.4. The number of halogens is 1. The Morgan fingerprint density at radius 3 is 2.62 bits per heavy atom. The minimum atomic E-state index is -0.313. The lowest BCUT2D eigenvalue weighted by atomic mass is 9.89. The summed E-state index contributed by atoms with van der Waals surface area (Å²) in [5.74, 6) is 1.64. The van der Waals surface area contributed by atoms with Crippen molar-refractivity contribution in [2.75, 3.05) is 18.0 Å². The fourth-order valence-electron chi connectivity index (χ4n) is 3.49. The van der Waals surface area contributed by atoms with Gasteiger partial charge in [0, 0.05) is 31.0 Å². The first-order valence-corrected chi connectivity index (χ1v) is 9.82. The molecular formula is C20H20FN3OS. The number of hydrogen-bond acceptors (Lipinski definition) is 5. The van der Waals surface area contributed by atoms with E-state index in [1.54, 1.807) is 23.5 Å². The van der Waals surface area contributed by atoms with Crippen molar-refractivity contribution in [1.29, 1.82) is 0 Å². The van der Waals surface area contributed by atoms with Crippen LogP contribution in [0.25, 0.3) is 10.2 Å². The number of piperidine rings is 1. The zero-order chi connectivity index (χ0) is 18.1. The molecule has 0 N–H and O–H groups in total. The van der Waals surface area contributed by atoms with Gasteiger partial charge in [-0.15, -0.1) is 11.3 Å². The van der Waals surface area contributed by atoms with E-state index in [-0.39, 0.29) is 17.5 Å². The van der Waals surface area contributed by atoms with Gasteiger partial charge in [0.2, 0.25) is 0 Å². The molecule has 0 aliphatic carbocycles. The average Bonchev–Trinajstić information content (AvgIpc) is 3.16. The number of ketones is 1. The molecule has 1 aliphatic heterocycles. The van der Waals surface area contributed by atoms with Gasteiger partial charge in [-0.25, -0.2) is 14.4 Å². The van der Waals surface area contributed by atoms with Crippen molar-refractivity contribution >= 4 is 33.2 Å². The number of Topliss-reactive ketones (excluding diaryl/α,β-unsaturated/α-hetero) is 1. The van der Waals surface area contributed by atoms with Crippen molar-refractivity contribution in [1.82, 2.24) is 9.97 Å². The summed E-state index contributed by atoms with van der Waals surface area (Å²) in [6, 6.07) is 7.93. The number of rotatable bonds is 4. The fraction of sp³-hybridized carbons (Fsp3) is 0.350. The summed E-state index contributed by atoms with van der Waals surface area (Å²) < 4.78 is 13.1. The molecule has 0 amide bonds. The molecule has 1 aliphatic rings. The summed E-state index contributed by atoms with van der Waals surface area (Å²) >= 11 is 1.64. The molecule has 0 saturated carbocycles. The lowest BCUT2D eigenvalue weighted by Crippen LogP contribution is -2.37. The van der Waals surface area contributed by atoms with Gasteiger partial charge in [0.15, 0.2) is 5.78 Å². The van der Waals surface area contributed by atoms with Crippen LogP contribution in [0, 0.1) is 11.7 Å². The maximum absolute atomic E-state index is 13.1. The van der Waals surface area contributed by atoms with Crippen molar-refractivity contribution in [3.63, 3.8) is 0 Å². The Hall–Kier alpha value is -2.34. The predicted octanol–water partition coefficient (Wildman–Crippen LogP) is 4.49. The van der Waals surface area contributed by atoms with Crippen LogP contribution in [0.1, 0.15) is 35.9 Å². The molecule has 0 atom stereocenters. The summed E-state index contributed by atoms with van der Waals surface area (Å²) in [5.41, 5.74) is 0.598. The highest BCUT2D eigenvalue weighted by Gasteiger charge is 2.27. The van der Waals surface area contributed by atoms with Crippen LogP contribution in [0.3, 0.4) is 0 Å². The Kier molecular flexibility index (Phi) is 4.68. The van der Waals surface area contributed by atoms with Gasteiger partial charge in [-0.1, -0.05) is 6.92 Å². The maximum Gasteiger partial charge on any atom is 0.166 e. The van der Waals surface area contributed by atoms with E-state index in [9.17, 15) is 9.18 Å². The number of thiophene rings is 1. The van der Waals surface area contributed by atoms with Crippen LogP contribution in [-0.2, 0) is 6.42 Å². The molecule has 4 nitrogen and oxygen atoms in total. The molecule has 1 saturated heterocycles. The predicted molar refractivity (Wildman–Crippen MR) is 102 cm³/mol. The van der Waals surface area contributed by atoms with E-state index >= 15 is 0 Å². The molecule has 0 bridgehead atoms. The minimum Gasteiger partial charge on any atom is -0.356 e. The number of anilines is 1. The highest BCUT2D eigenvalue weighted by molar-refractivity contribution is 7.16. The summed E-state index contributed by atoms with van der Waals surface area (Å²) in [7, 11) is 0. The molecule has 4 rings (SSSR count). The molecular weight excluding hydrogens is 349 g/mol. The number of carbonyl (C=O) groups is 1. The van der Waals surface area contributed by atoms with Crippen LogP contribution >= 0.6 is 11.3 Å². The van der Waals surface area contributed by atoms with Gasteiger partial charge in [0.1, 0.15) is 22.3 Å². The maximum atomic E-state index is 13.1. The molecule has 3 aromatic rings. The third-order valence-corrected chi connectivity index (χ3v) is 5.77. The molecule has 134 valence electrons. The van der Waals surface area contributed by atoms with Gasteiger partial charge in [0.25, 0.3) is 0 Å². The molecule has 6 heteroatoms. The summed E-state index contributed by atoms with van der Waals surface area (Å²) in [4.78, 5) is 25.3. The first kappa shape index (κ1) is 17.1. The first-order valence-electron chi connectivity index (χ1n) is 8.94. The van der Waals surface area contributed by atoms with Crippen molar-refractivity contribution in [3.8, 4) is 0 Å². The first-order chi connectivity index (χ1) is 12.7. The third-order valence-electron chi connectivity index (χ3n) is 4.96. The van der Waals surface area contributed by atoms with E-state index in [0.717, 1.165) is 54.2 Å². The van der Waals surface area contributed by atoms with Crippen LogP contribution in [0.4, 0.5) is 10.2 Å². The van der Waals surface area contributed by atoms with Crippen molar-refractivity contribution < 1.29 is 9.18 Å². The lowest BCUT2D eigenvalue weighted by molar-refractivity contribution is 0.0900. The van der Waals surface area contributed by atoms with Crippen LogP contribution in [0.15, 0.2) is 35.7 Å². The van der Waals surface area contributed by atoms with E-state index in [2.05, 4.69) is 22.9 Å². The minimum absolute atomic E-state index is 0.0119. The summed E-state index contributed by atoms with van der Waals surface area (Å²) in [5, 5.41) is 3.14. The Balaban J connectivity index is 1.51. The van der Waals surface area contributed by atoms with Gasteiger partial charge in [-0.05, 0) is 48.6 Å². The van der Waals surface area contributed by atoms with Crippen LogP contribution in [-0.4, -0.2) is 28.8 Å². The normalized spacial score (nSPS) is 15.5. The fourth-order valence-corrected chi connectivity index (χ4v) is 4.26. The Labute approximate surface area is 155 Å². The molecule has 2 aromatic heterocycles. The third kappa shape index (κ3) is 3.21. The number of carbonyl (C=O) groups excluding carboxylic acids is 1. The Morgan fingerprint density at radius 1 is 1.19 bits per heavy atom. The molecule has 0 spiro atoms. The SMILES string of the molecule is CCc1nc(N2CCC(C(=O)c3ccc(F)cc3)CC2)c2ccsc2n1. The summed E-state index contributed by atoms with van der Waals surface area (Å²) in [6.45, 7) is 3.65. The Morgan fingerprint density at radius 2 is 1.92 bits per heavy atom. The van der Waals surface area contributed by atoms with Crippen molar-refractivity contribution in [2.45, 2.75) is 26.2 Å². The van der Waals surface area contributed by atoms with Crippen LogP contribution in [0.5, 0.6) is 0 Å². The van der Waals surface area contributed by atoms with Gasteiger partial charge in [0.05, 0.1) is 5.39 Å². The van der Waals surface area contributed by atoms with E-state index in [1.165, 1.54) is 12.1 Å². The number of aromatic nitrogens is 2. The molecule has 3 heterocycles. The number of aryl methyl sites for hydroxylation is 1. The second-order valence-electron chi connectivity index (χ2n) is 6.59. The highest BCUT2D eigenvalue weighted by Crippen LogP contribution is 2.31. The van der Waals surface area contributed by atoms with Gasteiger partial charge < -0.3 is 4.90 Å². The molecule has 1 aromatic carbocycles. The molecule has 26 heavy (non-hydrogen) atoms. The topological polar surface area (TPSA) is 46.1 Å². The quantitative estimate of drug-likeness (QED) is 0.636. The number of nitrogens with zero attached hydrogens (tertiary/aromatic N) is 3. The van der Waals surface area contributed by atoms with Crippen LogP contribution in [0.2, 0.25) is 0 Å². The zero-order valence-electron chi connectivity index (χ0n) is 14.6. The number of fused-ring (bicyclic) bond motifs is 1. The number of benzene rings is 1. The molecule has 1 fully saturated rings. The van der Waals surface area contributed by atoms with E-state index in [4.69, 9.17) is 4.98 Å². The van der Waals surface area contributed by atoms with Crippen LogP contribution < -0.4 is 4.90 Å². The molecule has 0 radical (unpaired) electrons. The average molecular weight is 369 g/mol. The highest BCUT2D eigenvalue weighted by atomic mass is 32.1. The van der Waals surface area contributed by atoms with Gasteiger partial charge in [-0.2, -0.15) is 0 Å². The van der Waals surface area contributed by atoms with E-state index in [1.807, 2.05) is 5.38 Å².